The van der Waals surface area contributed by atoms with Crippen molar-refractivity contribution in [2.24, 2.45) is 11.1 Å². The molecule has 8 heteroatoms. The third kappa shape index (κ3) is 3.84. The summed E-state index contributed by atoms with van der Waals surface area (Å²) < 4.78 is 50.9. The molecule has 0 radical (unpaired) electrons. The Kier molecular flexibility index (Phi) is 4.48. The molecule has 128 valence electrons. The van der Waals surface area contributed by atoms with E-state index in [0.29, 0.717) is 0 Å². The maximum absolute atomic E-state index is 12.7. The molecule has 1 aliphatic carbocycles. The lowest BCUT2D eigenvalue weighted by atomic mass is 10.0. The van der Waals surface area contributed by atoms with Crippen LogP contribution in [0.3, 0.4) is 0 Å². The van der Waals surface area contributed by atoms with E-state index >= 15 is 0 Å². The molecule has 2 aromatic rings. The first-order chi connectivity index (χ1) is 11.3. The van der Waals surface area contributed by atoms with Crippen molar-refractivity contribution in [2.45, 2.75) is 28.7 Å². The molecule has 6 nitrogen and oxygen atoms in total. The first-order valence-electron chi connectivity index (χ1n) is 7.47. The quantitative estimate of drug-likeness (QED) is 0.812. The van der Waals surface area contributed by atoms with Crippen molar-refractivity contribution in [1.29, 1.82) is 0 Å². The fourth-order valence-electron chi connectivity index (χ4n) is 2.58. The summed E-state index contributed by atoms with van der Waals surface area (Å²) in [5.74, 6) is 0.253. The predicted octanol–water partition coefficient (Wildman–Crippen LogP) is 1.76. The average molecular weight is 366 g/mol. The summed E-state index contributed by atoms with van der Waals surface area (Å²) >= 11 is 0. The second kappa shape index (κ2) is 6.29. The maximum Gasteiger partial charge on any atom is 0.241 e. The Balaban J connectivity index is 1.93. The Morgan fingerprint density at radius 2 is 1.54 bits per heavy atom. The first-order valence-corrected chi connectivity index (χ1v) is 10.5. The van der Waals surface area contributed by atoms with Gasteiger partial charge in [-0.1, -0.05) is 36.4 Å². The van der Waals surface area contributed by atoms with Gasteiger partial charge in [0.15, 0.2) is 0 Å². The smallest absolute Gasteiger partial charge is 0.225 e. The van der Waals surface area contributed by atoms with Gasteiger partial charge >= 0.3 is 0 Å². The van der Waals surface area contributed by atoms with Crippen LogP contribution in [0.5, 0.6) is 0 Å². The van der Waals surface area contributed by atoms with Crippen molar-refractivity contribution < 1.29 is 16.8 Å². The van der Waals surface area contributed by atoms with E-state index in [2.05, 4.69) is 4.72 Å². The summed E-state index contributed by atoms with van der Waals surface area (Å²) in [6.07, 6.45) is 1.92. The number of nitrogens with two attached hydrogens (primary N) is 1. The van der Waals surface area contributed by atoms with Crippen molar-refractivity contribution in [2.75, 3.05) is 0 Å². The van der Waals surface area contributed by atoms with E-state index < -0.39 is 20.0 Å². The summed E-state index contributed by atoms with van der Waals surface area (Å²) in [5, 5.41) is 5.08. The Morgan fingerprint density at radius 1 is 0.917 bits per heavy atom. The number of rotatable bonds is 6. The van der Waals surface area contributed by atoms with Gasteiger partial charge in [0.25, 0.3) is 0 Å². The zero-order valence-corrected chi connectivity index (χ0v) is 14.4. The maximum atomic E-state index is 12.7. The Morgan fingerprint density at radius 3 is 2.12 bits per heavy atom. The lowest BCUT2D eigenvalue weighted by molar-refractivity contribution is 0.529. The van der Waals surface area contributed by atoms with Gasteiger partial charge in [-0.15, -0.1) is 0 Å². The molecule has 1 atom stereocenters. The minimum absolute atomic E-state index is 0.115. The average Bonchev–Trinajstić information content (AvgIpc) is 3.38. The molecule has 1 aliphatic rings. The van der Waals surface area contributed by atoms with Crippen LogP contribution in [0.1, 0.15) is 24.4 Å². The van der Waals surface area contributed by atoms with E-state index in [9.17, 15) is 16.8 Å². The van der Waals surface area contributed by atoms with E-state index in [1.807, 2.05) is 30.3 Å². The lowest BCUT2D eigenvalue weighted by Gasteiger charge is -2.19. The molecule has 0 unspecified atom stereocenters. The number of hydrogen-bond acceptors (Lipinski definition) is 4. The highest BCUT2D eigenvalue weighted by atomic mass is 32.2. The first kappa shape index (κ1) is 17.1. The monoisotopic (exact) mass is 366 g/mol. The van der Waals surface area contributed by atoms with E-state index in [-0.39, 0.29) is 21.8 Å². The topological polar surface area (TPSA) is 106 Å². The highest BCUT2D eigenvalue weighted by molar-refractivity contribution is 7.90. The second-order valence-corrected chi connectivity index (χ2v) is 9.14. The largest absolute Gasteiger partial charge is 0.241 e. The van der Waals surface area contributed by atoms with Gasteiger partial charge in [-0.05, 0) is 42.5 Å². The second-order valence-electron chi connectivity index (χ2n) is 5.87. The van der Waals surface area contributed by atoms with E-state index in [0.717, 1.165) is 24.5 Å². The normalized spacial score (nSPS) is 16.7. The van der Waals surface area contributed by atoms with Crippen molar-refractivity contribution in [3.63, 3.8) is 0 Å². The van der Waals surface area contributed by atoms with Gasteiger partial charge < -0.3 is 0 Å². The van der Waals surface area contributed by atoms with Crippen molar-refractivity contribution in [1.82, 2.24) is 4.72 Å². The van der Waals surface area contributed by atoms with Crippen molar-refractivity contribution in [3.8, 4) is 0 Å². The highest BCUT2D eigenvalue weighted by Gasteiger charge is 2.35. The van der Waals surface area contributed by atoms with Crippen LogP contribution in [-0.4, -0.2) is 16.8 Å². The molecule has 3 rings (SSSR count). The van der Waals surface area contributed by atoms with E-state index in [4.69, 9.17) is 5.14 Å². The number of primary sulfonamides is 1. The van der Waals surface area contributed by atoms with E-state index in [1.165, 1.54) is 18.2 Å². The van der Waals surface area contributed by atoms with Crippen LogP contribution in [0.15, 0.2) is 64.4 Å². The molecule has 0 saturated heterocycles. The molecule has 2 aromatic carbocycles. The molecule has 0 aliphatic heterocycles. The molecule has 0 bridgehead atoms. The van der Waals surface area contributed by atoms with Gasteiger partial charge in [0.2, 0.25) is 20.0 Å². The number of hydrogen-bond donors (Lipinski definition) is 2. The summed E-state index contributed by atoms with van der Waals surface area (Å²) in [4.78, 5) is -0.344. The van der Waals surface area contributed by atoms with Gasteiger partial charge in [0, 0.05) is 6.04 Å². The molecule has 3 N–H and O–H groups in total. The van der Waals surface area contributed by atoms with Gasteiger partial charge in [-0.3, -0.25) is 0 Å². The standard InChI is InChI=1S/C16H18N2O4S2/c17-23(19,20)14-7-4-8-15(11-14)24(21,22)18-16(13-9-10-13)12-5-2-1-3-6-12/h1-8,11,13,16,18H,9-10H2,(H2,17,19,20)/t16-/m0/s1. The lowest BCUT2D eigenvalue weighted by Crippen LogP contribution is -2.30. The van der Waals surface area contributed by atoms with Gasteiger partial charge in [0.1, 0.15) is 0 Å². The number of sulfonamides is 2. The fraction of sp³-hybridized carbons (Fsp3) is 0.250. The SMILES string of the molecule is NS(=O)(=O)c1cccc(S(=O)(=O)N[C@@H](c2ccccc2)C2CC2)c1. The van der Waals surface area contributed by atoms with Crippen LogP contribution in [0, 0.1) is 5.92 Å². The van der Waals surface area contributed by atoms with Gasteiger partial charge in [-0.25, -0.2) is 26.7 Å². The molecular formula is C16H18N2O4S2. The molecule has 0 amide bonds. The molecule has 0 spiro atoms. The van der Waals surface area contributed by atoms with Crippen LogP contribution >= 0.6 is 0 Å². The van der Waals surface area contributed by atoms with Crippen LogP contribution in [-0.2, 0) is 20.0 Å². The molecule has 1 saturated carbocycles. The van der Waals surface area contributed by atoms with Gasteiger partial charge in [0.05, 0.1) is 9.79 Å². The van der Waals surface area contributed by atoms with Crippen LogP contribution in [0.4, 0.5) is 0 Å². The third-order valence-corrected chi connectivity index (χ3v) is 6.33. The summed E-state index contributed by atoms with van der Waals surface area (Å²) in [6, 6.07) is 14.1. The third-order valence-electron chi connectivity index (χ3n) is 3.98. The molecule has 24 heavy (non-hydrogen) atoms. The minimum Gasteiger partial charge on any atom is -0.225 e. The summed E-state index contributed by atoms with van der Waals surface area (Å²) in [6.45, 7) is 0. The molecular weight excluding hydrogens is 348 g/mol. The minimum atomic E-state index is -3.96. The van der Waals surface area contributed by atoms with Crippen LogP contribution in [0.25, 0.3) is 0 Å². The summed E-state index contributed by atoms with van der Waals surface area (Å²) in [7, 11) is -7.83. The van der Waals surface area contributed by atoms with Crippen LogP contribution in [0.2, 0.25) is 0 Å². The number of benzene rings is 2. The van der Waals surface area contributed by atoms with E-state index in [1.54, 1.807) is 0 Å². The Hall–Kier alpha value is -1.74. The molecule has 0 aromatic heterocycles. The Labute approximate surface area is 141 Å². The Bertz CT molecular complexity index is 937. The highest BCUT2D eigenvalue weighted by Crippen LogP contribution is 2.41. The van der Waals surface area contributed by atoms with Crippen molar-refractivity contribution in [3.05, 3.63) is 60.2 Å². The van der Waals surface area contributed by atoms with Crippen LogP contribution < -0.4 is 9.86 Å². The zero-order valence-electron chi connectivity index (χ0n) is 12.8. The molecule has 1 fully saturated rings. The fourth-order valence-corrected chi connectivity index (χ4v) is 4.55. The van der Waals surface area contributed by atoms with Gasteiger partial charge in [-0.2, -0.15) is 0 Å². The summed E-state index contributed by atoms with van der Waals surface area (Å²) in [5.41, 5.74) is 0.895. The van der Waals surface area contributed by atoms with Crippen molar-refractivity contribution >= 4 is 20.0 Å². The predicted molar refractivity (Wildman–Crippen MR) is 90.0 cm³/mol. The number of nitrogens with one attached hydrogen (secondary N) is 1. The zero-order chi connectivity index (χ0) is 17.4. The molecule has 0 heterocycles.